The fourth-order valence-corrected chi connectivity index (χ4v) is 5.54. The van der Waals surface area contributed by atoms with E-state index in [4.69, 9.17) is 66.2 Å². The van der Waals surface area contributed by atoms with Crippen molar-refractivity contribution in [2.75, 3.05) is 26.4 Å². The Hall–Kier alpha value is 3.23. The van der Waals surface area contributed by atoms with Crippen LogP contribution in [-0.4, -0.2) is 26.4 Å². The van der Waals surface area contributed by atoms with E-state index in [1.54, 1.807) is 0 Å². The molecule has 0 aromatic rings. The molecule has 0 amide bonds. The quantitative estimate of drug-likeness (QED) is 0.0544. The zero-order valence-corrected chi connectivity index (χ0v) is 29.4. The first-order valence-corrected chi connectivity index (χ1v) is 18.7. The van der Waals surface area contributed by atoms with Crippen LogP contribution < -0.4 is 0 Å². The maximum Gasteiger partial charge on any atom is 6.00 e. The van der Waals surface area contributed by atoms with Gasteiger partial charge in [0, 0.05) is 0 Å². The van der Waals surface area contributed by atoms with Crippen molar-refractivity contribution in [3.63, 3.8) is 0 Å². The fraction of sp³-hybridized carbons (Fsp3) is 1.00. The minimum absolute atomic E-state index is 0. The summed E-state index contributed by atoms with van der Waals surface area (Å²) in [6.07, 6.45) is 13.5. The summed E-state index contributed by atoms with van der Waals surface area (Å²) in [4.78, 5) is 0. The van der Waals surface area contributed by atoms with Gasteiger partial charge in [-0.05, 0) is 25.7 Å². The van der Waals surface area contributed by atoms with E-state index in [0.29, 0.717) is 26.4 Å². The average Bonchev–Trinajstić information content (AvgIpc) is 2.70. The normalized spacial score (nSPS) is 10.8. The minimum Gasteiger partial charge on any atom is -2.00 e. The topological polar surface area (TPSA) is 36.9 Å². The van der Waals surface area contributed by atoms with Crippen molar-refractivity contribution in [1.82, 2.24) is 0 Å². The van der Waals surface area contributed by atoms with Crippen molar-refractivity contribution < 1.29 is 39.2 Å². The molecule has 0 aromatic carbocycles. The van der Waals surface area contributed by atoms with E-state index in [1.165, 1.54) is 51.4 Å². The van der Waals surface area contributed by atoms with Gasteiger partial charge in [0.05, 0.1) is 37.8 Å². The molecule has 0 fully saturated rings. The molecule has 0 rings (SSSR count). The molecular formula is C20H44MoO4P2S6. The summed E-state index contributed by atoms with van der Waals surface area (Å²) >= 11 is 20.5. The molecule has 4 nitrogen and oxygen atoms in total. The van der Waals surface area contributed by atoms with Crippen LogP contribution in [0.4, 0.5) is 0 Å². The molecule has 0 aromatic heterocycles. The van der Waals surface area contributed by atoms with Gasteiger partial charge in [0.15, 0.2) is 0 Å². The van der Waals surface area contributed by atoms with E-state index >= 15 is 0 Å². The monoisotopic (exact) mass is 700 g/mol. The van der Waals surface area contributed by atoms with Crippen LogP contribution in [0, 0.1) is 0 Å². The predicted molar refractivity (Wildman–Crippen MR) is 160 cm³/mol. The summed E-state index contributed by atoms with van der Waals surface area (Å²) < 4.78 is 21.7. The Morgan fingerprint density at radius 2 is 0.667 bits per heavy atom. The molecule has 0 aliphatic rings. The van der Waals surface area contributed by atoms with Crippen molar-refractivity contribution in [1.29, 1.82) is 0 Å². The molecule has 0 N–H and O–H groups in total. The average molecular weight is 699 g/mol. The molecule has 0 radical (unpaired) electrons. The molecular weight excluding hydrogens is 655 g/mol. The zero-order chi connectivity index (χ0) is 23.1. The number of hydrogen-bond acceptors (Lipinski definition) is 8. The predicted octanol–water partition coefficient (Wildman–Crippen LogP) is 8.34. The number of unbranched alkanes of at least 4 members (excludes halogenated alkanes) is 8. The van der Waals surface area contributed by atoms with Gasteiger partial charge in [0.2, 0.25) is 0 Å². The smallest absolute Gasteiger partial charge is 2.00 e. The Labute approximate surface area is 254 Å². The Morgan fingerprint density at radius 1 is 0.485 bits per heavy atom. The van der Waals surface area contributed by atoms with Gasteiger partial charge >= 0.3 is 21.1 Å². The number of hydrogen-bond donors (Lipinski definition) is 0. The maximum absolute atomic E-state index is 5.43. The largest absolute Gasteiger partial charge is 6.00 e. The summed E-state index contributed by atoms with van der Waals surface area (Å²) in [5, 5.41) is 0. The molecule has 0 aliphatic carbocycles. The molecule has 200 valence electrons. The molecule has 0 bridgehead atoms. The fourth-order valence-electron chi connectivity index (χ4n) is 2.19. The molecule has 33 heavy (non-hydrogen) atoms. The minimum atomic E-state index is -2.36. The molecule has 0 unspecified atom stereocenters. The molecule has 0 spiro atoms. The molecule has 0 heterocycles. The van der Waals surface area contributed by atoms with Gasteiger partial charge in [-0.25, -0.2) is 0 Å². The van der Waals surface area contributed by atoms with Crippen molar-refractivity contribution in [3.8, 4) is 0 Å². The summed E-state index contributed by atoms with van der Waals surface area (Å²) in [6.45, 7) is 11.3. The second kappa shape index (κ2) is 33.3. The van der Waals surface area contributed by atoms with Gasteiger partial charge in [-0.15, -0.1) is 0 Å². The SMILES string of the molecule is CCCCCOP(=S)([S-])OCCCCC.CCCCCOP(=S)([S-])OCCCCC.[Mo+6].[S-2].[S-2]. The van der Waals surface area contributed by atoms with Crippen LogP contribution in [0.3, 0.4) is 0 Å². The van der Waals surface area contributed by atoms with Gasteiger partial charge in [0.1, 0.15) is 0 Å². The molecule has 0 aliphatic heterocycles. The summed E-state index contributed by atoms with van der Waals surface area (Å²) in [6, 6.07) is 0. The van der Waals surface area contributed by atoms with E-state index in [9.17, 15) is 0 Å². The van der Waals surface area contributed by atoms with E-state index in [0.717, 1.165) is 25.7 Å². The van der Waals surface area contributed by atoms with Gasteiger partial charge < -0.3 is 69.6 Å². The van der Waals surface area contributed by atoms with Crippen LogP contribution in [0.5, 0.6) is 0 Å². The summed E-state index contributed by atoms with van der Waals surface area (Å²) in [5.41, 5.74) is -4.71. The Kier molecular flexibility index (Phi) is 46.5. The van der Waals surface area contributed by atoms with Crippen LogP contribution in [0.15, 0.2) is 0 Å². The van der Waals surface area contributed by atoms with Gasteiger partial charge in [0.25, 0.3) is 0 Å². The first-order valence-electron chi connectivity index (χ1n) is 11.4. The Bertz CT molecular complexity index is 396. The van der Waals surface area contributed by atoms with E-state index < -0.39 is 11.4 Å². The third-order valence-electron chi connectivity index (χ3n) is 3.99. The maximum atomic E-state index is 5.43. The standard InChI is InChI=1S/2C10H23O2PS2.Mo.2S/c2*1-3-5-7-9-11-13(14,15)12-10-8-6-4-2;;;/h2*3-10H2,1-2H3,(H,14,15);;;/q;;+6;2*-2/p-2. The van der Waals surface area contributed by atoms with Crippen LogP contribution in [-0.2, 0) is 114 Å². The first-order chi connectivity index (χ1) is 14.2. The second-order valence-electron chi connectivity index (χ2n) is 7.06. The molecule has 0 saturated carbocycles. The van der Waals surface area contributed by atoms with E-state index in [1.807, 2.05) is 0 Å². The molecule has 13 heteroatoms. The third kappa shape index (κ3) is 39.9. The van der Waals surface area contributed by atoms with Crippen molar-refractivity contribution in [2.45, 2.75) is 105 Å². The third-order valence-corrected chi connectivity index (χ3v) is 8.51. The van der Waals surface area contributed by atoms with Gasteiger partial charge in [-0.2, -0.15) is 0 Å². The van der Waals surface area contributed by atoms with Gasteiger partial charge in [-0.3, -0.25) is 0 Å². The molecule has 0 saturated heterocycles. The van der Waals surface area contributed by atoms with Crippen LogP contribution in [0.1, 0.15) is 105 Å². The van der Waals surface area contributed by atoms with Crippen molar-refractivity contribution >= 4 is 86.5 Å². The van der Waals surface area contributed by atoms with E-state index in [2.05, 4.69) is 27.7 Å². The van der Waals surface area contributed by atoms with Crippen molar-refractivity contribution in [3.05, 3.63) is 0 Å². The summed E-state index contributed by atoms with van der Waals surface area (Å²) in [5.74, 6) is 0. The van der Waals surface area contributed by atoms with Crippen LogP contribution in [0.2, 0.25) is 0 Å². The number of rotatable bonds is 20. The van der Waals surface area contributed by atoms with Gasteiger partial charge in [-0.1, -0.05) is 103 Å². The van der Waals surface area contributed by atoms with E-state index in [-0.39, 0.29) is 48.1 Å². The second-order valence-corrected chi connectivity index (χ2v) is 17.0. The Morgan fingerprint density at radius 3 is 0.818 bits per heavy atom. The van der Waals surface area contributed by atoms with Crippen LogP contribution in [0.25, 0.3) is 0 Å². The first kappa shape index (κ1) is 46.1. The Balaban J connectivity index is -0.000000145. The summed E-state index contributed by atoms with van der Waals surface area (Å²) in [7, 11) is 0. The van der Waals surface area contributed by atoms with Crippen molar-refractivity contribution in [2.24, 2.45) is 0 Å². The molecule has 0 atom stereocenters. The zero-order valence-electron chi connectivity index (χ0n) is 20.7. The van der Waals surface area contributed by atoms with Crippen LogP contribution >= 0.6 is 11.4 Å².